The predicted molar refractivity (Wildman–Crippen MR) is 130 cm³/mol. The van der Waals surface area contributed by atoms with E-state index >= 15 is 0 Å². The van der Waals surface area contributed by atoms with Crippen LogP contribution in [0, 0.1) is 0 Å². The van der Waals surface area contributed by atoms with Crippen molar-refractivity contribution in [1.82, 2.24) is 5.32 Å². The second kappa shape index (κ2) is 12.4. The van der Waals surface area contributed by atoms with Gasteiger partial charge in [0.25, 0.3) is 0 Å². The highest BCUT2D eigenvalue weighted by molar-refractivity contribution is 6.01. The average molecular weight is 532 g/mol. The van der Waals surface area contributed by atoms with Gasteiger partial charge in [-0.25, -0.2) is 4.79 Å². The normalized spacial score (nSPS) is 22.6. The van der Waals surface area contributed by atoms with Crippen LogP contribution in [0.2, 0.25) is 0 Å². The fourth-order valence-corrected chi connectivity index (χ4v) is 4.15. The molecular formula is C26H29NO11. The summed E-state index contributed by atoms with van der Waals surface area (Å²) in [5.41, 5.74) is 0.0686. The minimum absolute atomic E-state index is 0.0686. The summed E-state index contributed by atoms with van der Waals surface area (Å²) in [6.07, 6.45) is -5.15. The van der Waals surface area contributed by atoms with E-state index in [-0.39, 0.29) is 11.3 Å². The lowest BCUT2D eigenvalue weighted by Crippen LogP contribution is -2.67. The molecule has 12 nitrogen and oxygen atoms in total. The Morgan fingerprint density at radius 3 is 2.13 bits per heavy atom. The number of hydrogen-bond acceptors (Lipinski definition) is 11. The molecule has 0 aromatic heterocycles. The molecule has 0 radical (unpaired) electrons. The van der Waals surface area contributed by atoms with Crippen LogP contribution in [-0.4, -0.2) is 74.1 Å². The summed E-state index contributed by atoms with van der Waals surface area (Å²) < 4.78 is 33.2. The van der Waals surface area contributed by atoms with Gasteiger partial charge < -0.3 is 33.7 Å². The van der Waals surface area contributed by atoms with E-state index in [0.717, 1.165) is 19.2 Å². The van der Waals surface area contributed by atoms with Gasteiger partial charge in [-0.1, -0.05) is 30.3 Å². The Balaban J connectivity index is 2.15. The van der Waals surface area contributed by atoms with Gasteiger partial charge in [0.05, 0.1) is 7.11 Å². The molecule has 0 unspecified atom stereocenters. The lowest BCUT2D eigenvalue weighted by molar-refractivity contribution is -0.257. The van der Waals surface area contributed by atoms with Gasteiger partial charge >= 0.3 is 23.9 Å². The van der Waals surface area contributed by atoms with Crippen molar-refractivity contribution in [3.05, 3.63) is 42.0 Å². The molecule has 12 heteroatoms. The predicted octanol–water partition coefficient (Wildman–Crippen LogP) is 1.66. The fraction of sp³-hybridized carbons (Fsp3) is 0.423. The molecular weight excluding hydrogens is 502 g/mol. The Bertz CT molecular complexity index is 1230. The van der Waals surface area contributed by atoms with Crippen LogP contribution in [-0.2, 0) is 42.9 Å². The van der Waals surface area contributed by atoms with Gasteiger partial charge in [0, 0.05) is 33.1 Å². The molecule has 1 aliphatic heterocycles. The zero-order valence-electron chi connectivity index (χ0n) is 21.5. The van der Waals surface area contributed by atoms with Gasteiger partial charge in [-0.05, 0) is 11.5 Å². The molecule has 38 heavy (non-hydrogen) atoms. The Labute approximate surface area is 218 Å². The van der Waals surface area contributed by atoms with E-state index in [1.165, 1.54) is 27.0 Å². The molecule has 0 bridgehead atoms. The zero-order valence-corrected chi connectivity index (χ0v) is 21.5. The van der Waals surface area contributed by atoms with Gasteiger partial charge in [-0.15, -0.1) is 0 Å². The second-order valence-corrected chi connectivity index (χ2v) is 8.49. The number of nitrogens with one attached hydrogen (secondary N) is 1. The SMILES string of the molecule is COC(=O)c1ccc2ccccc2c1O[C@H]1O[C@@H](COC(C)=O)[C@@H](OC(C)=O)[C@H](OC(C)=O)[C@H]1NC(C)=O. The molecule has 3 rings (SSSR count). The minimum atomic E-state index is -1.40. The van der Waals surface area contributed by atoms with E-state index in [2.05, 4.69) is 5.32 Å². The summed E-state index contributed by atoms with van der Waals surface area (Å²) in [5.74, 6) is -3.25. The molecule has 0 saturated carbocycles. The summed E-state index contributed by atoms with van der Waals surface area (Å²) in [6, 6.07) is 9.08. The third-order valence-electron chi connectivity index (χ3n) is 5.59. The monoisotopic (exact) mass is 531 g/mol. The third-order valence-corrected chi connectivity index (χ3v) is 5.59. The third kappa shape index (κ3) is 6.76. The second-order valence-electron chi connectivity index (χ2n) is 8.49. The molecule has 5 atom stereocenters. The highest BCUT2D eigenvalue weighted by Crippen LogP contribution is 2.35. The molecule has 1 heterocycles. The first-order valence-electron chi connectivity index (χ1n) is 11.7. The summed E-state index contributed by atoms with van der Waals surface area (Å²) in [7, 11) is 1.22. The average Bonchev–Trinajstić information content (AvgIpc) is 2.85. The molecule has 1 saturated heterocycles. The van der Waals surface area contributed by atoms with Crippen molar-refractivity contribution in [3.63, 3.8) is 0 Å². The van der Waals surface area contributed by atoms with Crippen molar-refractivity contribution >= 4 is 40.6 Å². The van der Waals surface area contributed by atoms with Crippen molar-refractivity contribution in [3.8, 4) is 5.75 Å². The summed E-state index contributed by atoms with van der Waals surface area (Å²) in [5, 5.41) is 3.89. The number of carbonyl (C=O) groups is 5. The van der Waals surface area contributed by atoms with Crippen LogP contribution in [0.5, 0.6) is 5.75 Å². The first-order chi connectivity index (χ1) is 18.0. The fourth-order valence-electron chi connectivity index (χ4n) is 4.15. The number of hydrogen-bond donors (Lipinski definition) is 1. The van der Waals surface area contributed by atoms with Crippen LogP contribution in [0.25, 0.3) is 10.8 Å². The van der Waals surface area contributed by atoms with E-state index in [9.17, 15) is 24.0 Å². The molecule has 1 fully saturated rings. The molecule has 2 aromatic rings. The number of rotatable bonds is 8. The standard InChI is InChI=1S/C26H29NO11/c1-13(28)27-21-24(36-16(4)31)23(35-15(3)30)20(12-34-14(2)29)37-26(21)38-22-18-9-7-6-8-17(18)10-11-19(22)25(32)33-5/h6-11,20-21,23-24,26H,12H2,1-5H3,(H,27,28)/t20-,21+,23+,24+,26+/m0/s1. The quantitative estimate of drug-likeness (QED) is 0.391. The summed E-state index contributed by atoms with van der Waals surface area (Å²) >= 11 is 0. The number of ether oxygens (including phenoxy) is 6. The molecule has 1 N–H and O–H groups in total. The van der Waals surface area contributed by atoms with Gasteiger partial charge in [0.1, 0.15) is 30.1 Å². The van der Waals surface area contributed by atoms with Crippen molar-refractivity contribution in [1.29, 1.82) is 0 Å². The Morgan fingerprint density at radius 1 is 0.868 bits per heavy atom. The van der Waals surface area contributed by atoms with Crippen LogP contribution >= 0.6 is 0 Å². The first kappa shape index (κ1) is 28.4. The first-order valence-corrected chi connectivity index (χ1v) is 11.7. The maximum atomic E-state index is 12.6. The van der Waals surface area contributed by atoms with Crippen molar-refractivity contribution in [2.45, 2.75) is 58.3 Å². The van der Waals surface area contributed by atoms with Crippen LogP contribution in [0.1, 0.15) is 38.1 Å². The number of amides is 1. The number of methoxy groups -OCH3 is 1. The van der Waals surface area contributed by atoms with Crippen LogP contribution in [0.4, 0.5) is 0 Å². The molecule has 204 valence electrons. The lowest BCUT2D eigenvalue weighted by atomic mass is 9.95. The molecule has 1 aliphatic rings. The molecule has 0 aliphatic carbocycles. The van der Waals surface area contributed by atoms with E-state index in [4.69, 9.17) is 28.4 Å². The highest BCUT2D eigenvalue weighted by atomic mass is 16.7. The molecule has 1 amide bonds. The largest absolute Gasteiger partial charge is 0.465 e. The minimum Gasteiger partial charge on any atom is -0.465 e. The maximum absolute atomic E-state index is 12.6. The lowest BCUT2D eigenvalue weighted by Gasteiger charge is -2.45. The van der Waals surface area contributed by atoms with Crippen LogP contribution in [0.3, 0.4) is 0 Å². The van der Waals surface area contributed by atoms with Gasteiger partial charge in [-0.3, -0.25) is 19.2 Å². The van der Waals surface area contributed by atoms with Gasteiger partial charge in [0.2, 0.25) is 12.2 Å². The summed E-state index contributed by atoms with van der Waals surface area (Å²) in [4.78, 5) is 60.3. The Morgan fingerprint density at radius 2 is 1.53 bits per heavy atom. The number of esters is 4. The smallest absolute Gasteiger partial charge is 0.341 e. The number of benzene rings is 2. The number of carbonyl (C=O) groups excluding carboxylic acids is 5. The zero-order chi connectivity index (χ0) is 28.0. The molecule has 0 spiro atoms. The highest BCUT2D eigenvalue weighted by Gasteiger charge is 2.52. The van der Waals surface area contributed by atoms with Crippen molar-refractivity contribution in [2.75, 3.05) is 13.7 Å². The van der Waals surface area contributed by atoms with E-state index in [1.807, 2.05) is 0 Å². The van der Waals surface area contributed by atoms with Crippen LogP contribution in [0.15, 0.2) is 36.4 Å². The Hall–Kier alpha value is -4.19. The van der Waals surface area contributed by atoms with Gasteiger partial charge in [0.15, 0.2) is 12.2 Å². The van der Waals surface area contributed by atoms with E-state index in [0.29, 0.717) is 5.39 Å². The summed E-state index contributed by atoms with van der Waals surface area (Å²) in [6.45, 7) is 4.30. The van der Waals surface area contributed by atoms with E-state index < -0.39 is 67.0 Å². The topological polar surface area (TPSA) is 153 Å². The van der Waals surface area contributed by atoms with Crippen molar-refractivity contribution < 1.29 is 52.4 Å². The molecule has 2 aromatic carbocycles. The Kier molecular flexibility index (Phi) is 9.24. The van der Waals surface area contributed by atoms with E-state index in [1.54, 1.807) is 30.3 Å². The van der Waals surface area contributed by atoms with Gasteiger partial charge in [-0.2, -0.15) is 0 Å². The number of fused-ring (bicyclic) bond motifs is 1. The van der Waals surface area contributed by atoms with Crippen molar-refractivity contribution in [2.24, 2.45) is 0 Å². The van der Waals surface area contributed by atoms with Crippen LogP contribution < -0.4 is 10.1 Å². The maximum Gasteiger partial charge on any atom is 0.341 e.